The zero-order valence-corrected chi connectivity index (χ0v) is 6.18. The van der Waals surface area contributed by atoms with Crippen molar-refractivity contribution in [2.45, 2.75) is 6.92 Å². The molecule has 0 spiro atoms. The molecule has 12 heavy (non-hydrogen) atoms. The van der Waals surface area contributed by atoms with E-state index >= 15 is 0 Å². The average Bonchev–Trinajstić information content (AvgIpc) is 1.87. The van der Waals surface area contributed by atoms with Crippen LogP contribution in [0.15, 0.2) is 24.4 Å². The minimum absolute atomic E-state index is 0. The molecule has 0 aliphatic carbocycles. The molecule has 0 bridgehead atoms. The molecule has 0 radical (unpaired) electrons. The van der Waals surface area contributed by atoms with Crippen LogP contribution in [-0.2, 0) is 0 Å². The molecule has 0 saturated heterocycles. The third-order valence-corrected chi connectivity index (χ3v) is 0.813. The maximum absolute atomic E-state index is 7.17. The van der Waals surface area contributed by atoms with E-state index in [0.717, 1.165) is 5.69 Å². The molecular formula is C6H11BLiNO3. The second-order valence-corrected chi connectivity index (χ2v) is 1.82. The van der Waals surface area contributed by atoms with Crippen molar-refractivity contribution < 1.29 is 15.1 Å². The van der Waals surface area contributed by atoms with Crippen molar-refractivity contribution in [3.63, 3.8) is 0 Å². The van der Waals surface area contributed by atoms with Gasteiger partial charge in [0, 0.05) is 11.9 Å². The van der Waals surface area contributed by atoms with Crippen LogP contribution in [0.5, 0.6) is 0 Å². The molecule has 0 aliphatic rings. The molecule has 0 aliphatic heterocycles. The summed E-state index contributed by atoms with van der Waals surface area (Å²) in [6.07, 6.45) is 1.79. The van der Waals surface area contributed by atoms with Gasteiger partial charge in [-0.1, -0.05) is 6.07 Å². The Hall–Kier alpha value is -0.308. The van der Waals surface area contributed by atoms with Crippen LogP contribution in [-0.4, -0.2) is 46.2 Å². The van der Waals surface area contributed by atoms with Gasteiger partial charge < -0.3 is 15.1 Å². The number of nitrogens with zero attached hydrogens (tertiary/aromatic N) is 1. The van der Waals surface area contributed by atoms with Crippen LogP contribution in [0.1, 0.15) is 5.69 Å². The Balaban J connectivity index is 0. The quantitative estimate of drug-likeness (QED) is 0.415. The van der Waals surface area contributed by atoms with Crippen LogP contribution in [0.2, 0.25) is 0 Å². The molecule has 3 N–H and O–H groups in total. The molecule has 1 aromatic rings. The molecule has 0 amide bonds. The molecule has 4 nitrogen and oxygen atoms in total. The van der Waals surface area contributed by atoms with Gasteiger partial charge in [0.2, 0.25) is 0 Å². The topological polar surface area (TPSA) is 73.6 Å². The van der Waals surface area contributed by atoms with Crippen molar-refractivity contribution in [1.29, 1.82) is 0 Å². The van der Waals surface area contributed by atoms with Gasteiger partial charge in [0.1, 0.15) is 0 Å². The SMILES string of the molecule is Cc1ccccn1.OB(O)O.[LiH]. The van der Waals surface area contributed by atoms with Gasteiger partial charge in [-0.2, -0.15) is 0 Å². The third kappa shape index (κ3) is 12.4. The van der Waals surface area contributed by atoms with E-state index in [-0.39, 0.29) is 18.9 Å². The molecule has 1 aromatic heterocycles. The van der Waals surface area contributed by atoms with Crippen LogP contribution >= 0.6 is 0 Å². The number of rotatable bonds is 0. The van der Waals surface area contributed by atoms with Gasteiger partial charge in [0.05, 0.1) is 0 Å². The van der Waals surface area contributed by atoms with Crippen LogP contribution < -0.4 is 0 Å². The summed E-state index contributed by atoms with van der Waals surface area (Å²) in [4.78, 5) is 3.98. The van der Waals surface area contributed by atoms with Gasteiger partial charge in [-0.05, 0) is 19.1 Å². The predicted octanol–water partition coefficient (Wildman–Crippen LogP) is -1.31. The Morgan fingerprint density at radius 2 is 1.75 bits per heavy atom. The van der Waals surface area contributed by atoms with Gasteiger partial charge in [0.15, 0.2) is 0 Å². The van der Waals surface area contributed by atoms with E-state index in [1.807, 2.05) is 25.1 Å². The summed E-state index contributed by atoms with van der Waals surface area (Å²) in [5.74, 6) is 0. The minimum atomic E-state index is -2.17. The number of hydrogen-bond donors (Lipinski definition) is 3. The Morgan fingerprint density at radius 1 is 1.25 bits per heavy atom. The number of aryl methyl sites for hydroxylation is 1. The second kappa shape index (κ2) is 8.79. The number of pyridine rings is 1. The van der Waals surface area contributed by atoms with Crippen LogP contribution in [0, 0.1) is 6.92 Å². The van der Waals surface area contributed by atoms with E-state index < -0.39 is 7.32 Å². The van der Waals surface area contributed by atoms with Crippen molar-refractivity contribution >= 4 is 26.2 Å². The van der Waals surface area contributed by atoms with E-state index in [0.29, 0.717) is 0 Å². The van der Waals surface area contributed by atoms with Crippen molar-refractivity contribution in [1.82, 2.24) is 4.98 Å². The van der Waals surface area contributed by atoms with E-state index in [1.54, 1.807) is 6.20 Å². The first kappa shape index (κ1) is 14.2. The molecule has 0 saturated carbocycles. The normalized spacial score (nSPS) is 7.33. The first-order chi connectivity index (χ1) is 5.13. The Bertz CT molecular complexity index is 183. The molecule has 0 aromatic carbocycles. The Labute approximate surface area is 83.6 Å². The Morgan fingerprint density at radius 3 is 1.92 bits per heavy atom. The summed E-state index contributed by atoms with van der Waals surface area (Å²) in [6.45, 7) is 1.97. The summed E-state index contributed by atoms with van der Waals surface area (Å²) in [7, 11) is -2.17. The van der Waals surface area contributed by atoms with Crippen LogP contribution in [0.3, 0.4) is 0 Å². The molecule has 0 atom stereocenters. The fourth-order valence-corrected chi connectivity index (χ4v) is 0.448. The van der Waals surface area contributed by atoms with Gasteiger partial charge in [-0.3, -0.25) is 4.98 Å². The fraction of sp³-hybridized carbons (Fsp3) is 0.167. The standard InChI is InChI=1S/C6H7N.BH3O3.Li.H/c1-6-4-2-3-5-7-6;2-1(3)4;;/h2-5H,1H3;2-4H;;. The molecule has 62 valence electrons. The van der Waals surface area contributed by atoms with Crippen molar-refractivity contribution in [3.8, 4) is 0 Å². The Kier molecular flexibility index (Phi) is 10.4. The van der Waals surface area contributed by atoms with E-state index in [2.05, 4.69) is 4.98 Å². The van der Waals surface area contributed by atoms with Crippen molar-refractivity contribution in [3.05, 3.63) is 30.1 Å². The van der Waals surface area contributed by atoms with Crippen LogP contribution in [0.25, 0.3) is 0 Å². The maximum atomic E-state index is 7.17. The third-order valence-electron chi connectivity index (χ3n) is 0.813. The molecule has 0 unspecified atom stereocenters. The van der Waals surface area contributed by atoms with E-state index in [4.69, 9.17) is 15.1 Å². The zero-order chi connectivity index (χ0) is 8.69. The summed E-state index contributed by atoms with van der Waals surface area (Å²) >= 11 is 0. The van der Waals surface area contributed by atoms with E-state index in [9.17, 15) is 0 Å². The number of hydrogen-bond acceptors (Lipinski definition) is 4. The fourth-order valence-electron chi connectivity index (χ4n) is 0.448. The van der Waals surface area contributed by atoms with Crippen molar-refractivity contribution in [2.75, 3.05) is 0 Å². The van der Waals surface area contributed by atoms with Gasteiger partial charge in [-0.15, -0.1) is 0 Å². The van der Waals surface area contributed by atoms with Gasteiger partial charge >= 0.3 is 26.2 Å². The monoisotopic (exact) mass is 163 g/mol. The van der Waals surface area contributed by atoms with Gasteiger partial charge in [-0.25, -0.2) is 0 Å². The molecule has 1 heterocycles. The number of aromatic nitrogens is 1. The summed E-state index contributed by atoms with van der Waals surface area (Å²) in [5.41, 5.74) is 1.07. The molecule has 0 fully saturated rings. The molecule has 6 heteroatoms. The summed E-state index contributed by atoms with van der Waals surface area (Å²) < 4.78 is 0. The summed E-state index contributed by atoms with van der Waals surface area (Å²) in [6, 6.07) is 5.86. The molecule has 1 rings (SSSR count). The van der Waals surface area contributed by atoms with Gasteiger partial charge in [0.25, 0.3) is 0 Å². The predicted molar refractivity (Wildman–Crippen MR) is 48.5 cm³/mol. The van der Waals surface area contributed by atoms with Crippen LogP contribution in [0.4, 0.5) is 0 Å². The summed E-state index contributed by atoms with van der Waals surface area (Å²) in [5, 5.41) is 21.5. The first-order valence-electron chi connectivity index (χ1n) is 3.05. The zero-order valence-electron chi connectivity index (χ0n) is 6.18. The average molecular weight is 163 g/mol. The van der Waals surface area contributed by atoms with E-state index in [1.165, 1.54) is 0 Å². The van der Waals surface area contributed by atoms with Crippen molar-refractivity contribution in [2.24, 2.45) is 0 Å². The molecular weight excluding hydrogens is 152 g/mol. The first-order valence-corrected chi connectivity index (χ1v) is 3.05. The second-order valence-electron chi connectivity index (χ2n) is 1.82.